The normalized spacial score (nSPS) is 24.8. The van der Waals surface area contributed by atoms with Crippen LogP contribution in [0.5, 0.6) is 17.2 Å². The molecule has 0 radical (unpaired) electrons. The van der Waals surface area contributed by atoms with Gasteiger partial charge in [0.05, 0.1) is 41.2 Å². The molecule has 2 aromatic rings. The molecule has 0 spiro atoms. The summed E-state index contributed by atoms with van der Waals surface area (Å²) in [5, 5.41) is 12.2. The number of carbonyl (C=O) groups excluding carboxylic acids is 2. The minimum Gasteiger partial charge on any atom is -0.506 e. The number of phenolic OH excluding ortho intramolecular Hbond substituents is 1. The van der Waals surface area contributed by atoms with E-state index in [1.165, 1.54) is 14.0 Å². The van der Waals surface area contributed by atoms with Gasteiger partial charge in [-0.1, -0.05) is 12.1 Å². The molecule has 8 nitrogen and oxygen atoms in total. The standard InChI is InChI=1S/C23H25BO8/c1-10(25)15-17-19(29-13-9-14(26)30-21(13)17)11-7-8-12(20(28-6)16(11)18(15)27)24-31-22(2,3)23(4,5)32-24/h7-8,13,21,27H,9H2,1-6H3/t13-,21+/m0/s1. The number of phenols is 1. The van der Waals surface area contributed by atoms with Gasteiger partial charge in [0.2, 0.25) is 0 Å². The molecule has 5 rings (SSSR count). The monoisotopic (exact) mass is 440 g/mol. The second-order valence-electron chi connectivity index (χ2n) is 9.49. The highest BCUT2D eigenvalue weighted by Gasteiger charge is 2.53. The molecule has 1 N–H and O–H groups in total. The summed E-state index contributed by atoms with van der Waals surface area (Å²) in [6, 6.07) is 3.59. The van der Waals surface area contributed by atoms with Gasteiger partial charge in [-0.05, 0) is 34.6 Å². The Morgan fingerprint density at radius 3 is 2.41 bits per heavy atom. The van der Waals surface area contributed by atoms with Crippen LogP contribution in [0.3, 0.4) is 0 Å². The van der Waals surface area contributed by atoms with E-state index in [2.05, 4.69) is 0 Å². The van der Waals surface area contributed by atoms with Crippen LogP contribution in [-0.4, -0.2) is 48.4 Å². The van der Waals surface area contributed by atoms with Crippen LogP contribution >= 0.6 is 0 Å². The van der Waals surface area contributed by atoms with E-state index in [1.54, 1.807) is 12.1 Å². The van der Waals surface area contributed by atoms with Gasteiger partial charge in [0, 0.05) is 10.8 Å². The van der Waals surface area contributed by atoms with Gasteiger partial charge in [-0.2, -0.15) is 0 Å². The van der Waals surface area contributed by atoms with Crippen molar-refractivity contribution in [1.82, 2.24) is 0 Å². The van der Waals surface area contributed by atoms with Gasteiger partial charge < -0.3 is 28.6 Å². The average molecular weight is 440 g/mol. The molecule has 168 valence electrons. The lowest BCUT2D eigenvalue weighted by atomic mass is 9.76. The maximum absolute atomic E-state index is 12.6. The topological polar surface area (TPSA) is 101 Å². The van der Waals surface area contributed by atoms with Crippen LogP contribution in [0.25, 0.3) is 10.8 Å². The predicted octanol–water partition coefficient (Wildman–Crippen LogP) is 2.80. The first kappa shape index (κ1) is 21.1. The van der Waals surface area contributed by atoms with Crippen molar-refractivity contribution in [3.8, 4) is 17.2 Å². The molecule has 0 saturated carbocycles. The fourth-order valence-corrected chi connectivity index (χ4v) is 4.70. The average Bonchev–Trinajstić information content (AvgIpc) is 3.29. The highest BCUT2D eigenvalue weighted by atomic mass is 16.7. The van der Waals surface area contributed by atoms with Crippen molar-refractivity contribution in [3.05, 3.63) is 23.3 Å². The number of methoxy groups -OCH3 is 1. The van der Waals surface area contributed by atoms with Gasteiger partial charge >= 0.3 is 13.1 Å². The summed E-state index contributed by atoms with van der Waals surface area (Å²) in [5.41, 5.74) is -0.0602. The van der Waals surface area contributed by atoms with Crippen LogP contribution in [0.1, 0.15) is 63.1 Å². The maximum Gasteiger partial charge on any atom is 0.498 e. The fourth-order valence-electron chi connectivity index (χ4n) is 4.70. The summed E-state index contributed by atoms with van der Waals surface area (Å²) in [4.78, 5) is 24.4. The predicted molar refractivity (Wildman–Crippen MR) is 116 cm³/mol. The van der Waals surface area contributed by atoms with Crippen LogP contribution < -0.4 is 14.9 Å². The van der Waals surface area contributed by atoms with Crippen LogP contribution in [0, 0.1) is 0 Å². The van der Waals surface area contributed by atoms with Crippen LogP contribution in [0.4, 0.5) is 0 Å². The van der Waals surface area contributed by atoms with Gasteiger partial charge in [0.15, 0.2) is 18.0 Å². The lowest BCUT2D eigenvalue weighted by molar-refractivity contribution is -0.141. The molecule has 2 saturated heterocycles. The van der Waals surface area contributed by atoms with Crippen molar-refractivity contribution < 1.29 is 38.2 Å². The number of hydrogen-bond donors (Lipinski definition) is 1. The number of ketones is 1. The number of rotatable bonds is 3. The quantitative estimate of drug-likeness (QED) is 0.442. The Labute approximate surface area is 185 Å². The van der Waals surface area contributed by atoms with E-state index < -0.39 is 36.5 Å². The molecule has 0 aromatic heterocycles. The molecule has 32 heavy (non-hydrogen) atoms. The number of ether oxygens (including phenoxy) is 3. The molecule has 2 fully saturated rings. The van der Waals surface area contributed by atoms with E-state index >= 15 is 0 Å². The number of fused-ring (bicyclic) bond motifs is 5. The Morgan fingerprint density at radius 2 is 1.81 bits per heavy atom. The second-order valence-corrected chi connectivity index (χ2v) is 9.49. The van der Waals surface area contributed by atoms with Crippen molar-refractivity contribution in [2.24, 2.45) is 0 Å². The van der Waals surface area contributed by atoms with Gasteiger partial charge in [-0.15, -0.1) is 0 Å². The van der Waals surface area contributed by atoms with Gasteiger partial charge in [-0.25, -0.2) is 0 Å². The lowest BCUT2D eigenvalue weighted by Crippen LogP contribution is -2.41. The van der Waals surface area contributed by atoms with E-state index in [0.29, 0.717) is 33.3 Å². The van der Waals surface area contributed by atoms with Crippen molar-refractivity contribution in [2.75, 3.05) is 7.11 Å². The summed E-state index contributed by atoms with van der Waals surface area (Å²) in [5.74, 6) is -0.247. The first-order valence-corrected chi connectivity index (χ1v) is 10.6. The Hall–Kier alpha value is -2.78. The summed E-state index contributed by atoms with van der Waals surface area (Å²) in [6.45, 7) is 9.16. The highest BCUT2D eigenvalue weighted by molar-refractivity contribution is 6.63. The van der Waals surface area contributed by atoms with Crippen LogP contribution in [0.2, 0.25) is 0 Å². The smallest absolute Gasteiger partial charge is 0.498 e. The number of hydrogen-bond acceptors (Lipinski definition) is 8. The largest absolute Gasteiger partial charge is 0.506 e. The van der Waals surface area contributed by atoms with E-state index in [0.717, 1.165) is 0 Å². The molecule has 2 atom stereocenters. The van der Waals surface area contributed by atoms with Gasteiger partial charge in [0.1, 0.15) is 17.2 Å². The SMILES string of the molecule is COc1c(B2OC(C)(C)C(C)(C)O2)ccc2c3c(c(C(C)=O)c(O)c12)[C@@H]1OC(=O)C[C@@H]1O3. The van der Waals surface area contributed by atoms with Crippen molar-refractivity contribution in [1.29, 1.82) is 0 Å². The summed E-state index contributed by atoms with van der Waals surface area (Å²) >= 11 is 0. The molecule has 0 aliphatic carbocycles. The van der Waals surface area contributed by atoms with Crippen LogP contribution in [0.15, 0.2) is 12.1 Å². The van der Waals surface area contributed by atoms with E-state index in [1.807, 2.05) is 27.7 Å². The van der Waals surface area contributed by atoms with Gasteiger partial charge in [-0.3, -0.25) is 9.59 Å². The number of carbonyl (C=O) groups is 2. The van der Waals surface area contributed by atoms with Crippen molar-refractivity contribution in [2.45, 2.75) is 64.4 Å². The fraction of sp³-hybridized carbons (Fsp3) is 0.478. The van der Waals surface area contributed by atoms with Gasteiger partial charge in [0.25, 0.3) is 0 Å². The summed E-state index contributed by atoms with van der Waals surface area (Å²) in [6.07, 6.45) is -1.17. The zero-order valence-corrected chi connectivity index (χ0v) is 18.9. The minimum atomic E-state index is -0.728. The number of Topliss-reactive ketones (excluding diaryl/α,β-unsaturated/α-hetero) is 1. The third kappa shape index (κ3) is 2.70. The minimum absolute atomic E-state index is 0.0686. The molecule has 9 heteroatoms. The zero-order valence-electron chi connectivity index (χ0n) is 18.9. The maximum atomic E-state index is 12.6. The van der Waals surface area contributed by atoms with Crippen molar-refractivity contribution in [3.63, 3.8) is 0 Å². The molecule has 2 aromatic carbocycles. The Morgan fingerprint density at radius 1 is 1.16 bits per heavy atom. The Kier molecular flexibility index (Phi) is 4.36. The van der Waals surface area contributed by atoms with E-state index in [-0.39, 0.29) is 23.5 Å². The first-order chi connectivity index (χ1) is 15.0. The molecule has 3 aliphatic rings. The molecule has 0 bridgehead atoms. The van der Waals surface area contributed by atoms with E-state index in [4.69, 9.17) is 23.5 Å². The van der Waals surface area contributed by atoms with Crippen LogP contribution in [-0.2, 0) is 18.8 Å². The first-order valence-electron chi connectivity index (χ1n) is 10.6. The highest BCUT2D eigenvalue weighted by Crippen LogP contribution is 2.54. The Balaban J connectivity index is 1.76. The number of esters is 1. The second kappa shape index (κ2) is 6.62. The lowest BCUT2D eigenvalue weighted by Gasteiger charge is -2.32. The summed E-state index contributed by atoms with van der Waals surface area (Å²) in [7, 11) is 0.759. The number of benzene rings is 2. The molecular weight excluding hydrogens is 415 g/mol. The molecule has 0 amide bonds. The number of aromatic hydroxyl groups is 1. The van der Waals surface area contributed by atoms with E-state index in [9.17, 15) is 14.7 Å². The van der Waals surface area contributed by atoms with Crippen molar-refractivity contribution >= 4 is 35.1 Å². The third-order valence-corrected chi connectivity index (χ3v) is 7.00. The molecular formula is C23H25BO8. The zero-order chi connectivity index (χ0) is 23.2. The summed E-state index contributed by atoms with van der Waals surface area (Å²) < 4.78 is 29.6. The third-order valence-electron chi connectivity index (χ3n) is 7.00. The molecule has 3 aliphatic heterocycles. The molecule has 3 heterocycles. The molecule has 0 unspecified atom stereocenters. The Bertz CT molecular complexity index is 1170.